The molecule has 2 aromatic rings. The van der Waals surface area contributed by atoms with Gasteiger partial charge in [0.05, 0.1) is 5.92 Å². The molecule has 22 heavy (non-hydrogen) atoms. The Balaban J connectivity index is 1.77. The summed E-state index contributed by atoms with van der Waals surface area (Å²) in [5.74, 6) is -1.04. The van der Waals surface area contributed by atoms with E-state index in [1.165, 1.54) is 0 Å². The lowest BCUT2D eigenvalue weighted by Gasteiger charge is -2.18. The van der Waals surface area contributed by atoms with E-state index < -0.39 is 5.92 Å². The van der Waals surface area contributed by atoms with E-state index in [1.807, 2.05) is 12.1 Å². The number of hydrogen-bond acceptors (Lipinski definition) is 5. The van der Waals surface area contributed by atoms with Crippen LogP contribution in [0.15, 0.2) is 16.7 Å². The molecule has 0 radical (unpaired) electrons. The van der Waals surface area contributed by atoms with Gasteiger partial charge in [0.1, 0.15) is 12.0 Å². The molecule has 2 heterocycles. The highest BCUT2D eigenvalue weighted by Gasteiger charge is 2.33. The van der Waals surface area contributed by atoms with Crippen molar-refractivity contribution in [3.63, 3.8) is 0 Å². The van der Waals surface area contributed by atoms with Gasteiger partial charge >= 0.3 is 0 Å². The number of nitrogens with one attached hydrogen (secondary N) is 1. The van der Waals surface area contributed by atoms with E-state index in [0.29, 0.717) is 30.5 Å². The molecule has 0 saturated carbocycles. The minimum Gasteiger partial charge on any atom is -0.356 e. The van der Waals surface area contributed by atoms with Crippen molar-refractivity contribution in [1.29, 1.82) is 0 Å². The third-order valence-electron chi connectivity index (χ3n) is 4.58. The molecule has 2 aliphatic rings. The first-order chi connectivity index (χ1) is 10.7. The first kappa shape index (κ1) is 13.2. The van der Waals surface area contributed by atoms with Gasteiger partial charge in [-0.15, -0.1) is 0 Å². The van der Waals surface area contributed by atoms with Crippen LogP contribution in [0.1, 0.15) is 35.6 Å². The zero-order valence-electron chi connectivity index (χ0n) is 11.8. The quantitative estimate of drug-likeness (QED) is 0.666. The first-order valence-corrected chi connectivity index (χ1v) is 7.36. The van der Waals surface area contributed by atoms with Crippen LogP contribution in [-0.2, 0) is 27.2 Å². The average Bonchev–Trinajstić information content (AvgIpc) is 3.09. The number of fused-ring (bicyclic) bond motifs is 3. The maximum absolute atomic E-state index is 12.0. The molecule has 1 aliphatic heterocycles. The van der Waals surface area contributed by atoms with Crippen molar-refractivity contribution in [2.45, 2.75) is 31.6 Å². The number of aromatic nitrogens is 1. The van der Waals surface area contributed by atoms with Crippen molar-refractivity contribution in [2.24, 2.45) is 5.92 Å². The highest BCUT2D eigenvalue weighted by atomic mass is 16.5. The Morgan fingerprint density at radius 1 is 1.27 bits per heavy atom. The molecule has 2 atom stereocenters. The summed E-state index contributed by atoms with van der Waals surface area (Å²) in [4.78, 5) is 34.3. The van der Waals surface area contributed by atoms with Crippen molar-refractivity contribution >= 4 is 29.1 Å². The van der Waals surface area contributed by atoms with Crippen LogP contribution in [0.4, 0.5) is 0 Å². The molecular weight excluding hydrogens is 284 g/mol. The van der Waals surface area contributed by atoms with Crippen LogP contribution >= 0.6 is 0 Å². The Hall–Kier alpha value is -2.50. The van der Waals surface area contributed by atoms with E-state index >= 15 is 0 Å². The normalized spacial score (nSPS) is 24.4. The second-order valence-electron chi connectivity index (χ2n) is 5.96. The molecule has 112 valence electrons. The fourth-order valence-corrected chi connectivity index (χ4v) is 3.45. The van der Waals surface area contributed by atoms with Crippen molar-refractivity contribution in [1.82, 2.24) is 10.5 Å². The topological polar surface area (TPSA) is 89.3 Å². The number of aldehydes is 1. The Kier molecular flexibility index (Phi) is 2.85. The summed E-state index contributed by atoms with van der Waals surface area (Å²) in [5.41, 5.74) is 3.37. The number of benzene rings is 1. The SMILES string of the molecule is O=C[C@@H]1Cc2ccc3c(C4CCC(=O)NC4=O)noc3c2C1. The van der Waals surface area contributed by atoms with E-state index in [2.05, 4.69) is 10.5 Å². The zero-order valence-corrected chi connectivity index (χ0v) is 11.8. The predicted octanol–water partition coefficient (Wildman–Crippen LogP) is 1.26. The van der Waals surface area contributed by atoms with Crippen LogP contribution in [0.2, 0.25) is 0 Å². The van der Waals surface area contributed by atoms with Crippen molar-refractivity contribution in [3.05, 3.63) is 29.0 Å². The highest BCUT2D eigenvalue weighted by Crippen LogP contribution is 2.36. The molecule has 1 aromatic heterocycles. The number of imide groups is 1. The largest absolute Gasteiger partial charge is 0.356 e. The van der Waals surface area contributed by atoms with Crippen LogP contribution in [0, 0.1) is 5.92 Å². The van der Waals surface area contributed by atoms with Gasteiger partial charge in [-0.25, -0.2) is 0 Å². The Bertz CT molecular complexity index is 808. The fraction of sp³-hybridized carbons (Fsp3) is 0.375. The summed E-state index contributed by atoms with van der Waals surface area (Å²) >= 11 is 0. The predicted molar refractivity (Wildman–Crippen MR) is 76.1 cm³/mol. The van der Waals surface area contributed by atoms with Gasteiger partial charge in [-0.2, -0.15) is 0 Å². The molecule has 6 nitrogen and oxygen atoms in total. The number of nitrogens with zero attached hydrogens (tertiary/aromatic N) is 1. The summed E-state index contributed by atoms with van der Waals surface area (Å²) in [7, 11) is 0. The van der Waals surface area contributed by atoms with Gasteiger partial charge in [0, 0.05) is 23.3 Å². The molecule has 1 fully saturated rings. The van der Waals surface area contributed by atoms with Gasteiger partial charge in [-0.3, -0.25) is 14.9 Å². The maximum Gasteiger partial charge on any atom is 0.235 e. The van der Waals surface area contributed by atoms with Crippen LogP contribution < -0.4 is 5.32 Å². The summed E-state index contributed by atoms with van der Waals surface area (Å²) in [6, 6.07) is 3.88. The molecule has 0 spiro atoms. The van der Waals surface area contributed by atoms with Crippen LogP contribution in [0.25, 0.3) is 11.0 Å². The maximum atomic E-state index is 12.0. The summed E-state index contributed by atoms with van der Waals surface area (Å²) in [5, 5.41) is 7.24. The van der Waals surface area contributed by atoms with Gasteiger partial charge in [-0.1, -0.05) is 11.2 Å². The molecule has 1 aliphatic carbocycles. The molecule has 1 unspecified atom stereocenters. The molecule has 1 saturated heterocycles. The van der Waals surface area contributed by atoms with Crippen LogP contribution in [0.3, 0.4) is 0 Å². The number of carbonyl (C=O) groups excluding carboxylic acids is 3. The second-order valence-corrected chi connectivity index (χ2v) is 5.96. The van der Waals surface area contributed by atoms with Crippen molar-refractivity contribution < 1.29 is 18.9 Å². The second kappa shape index (κ2) is 4.76. The first-order valence-electron chi connectivity index (χ1n) is 7.36. The average molecular weight is 298 g/mol. The molecule has 6 heteroatoms. The molecule has 1 aromatic carbocycles. The lowest BCUT2D eigenvalue weighted by Crippen LogP contribution is -2.39. The van der Waals surface area contributed by atoms with Crippen LogP contribution in [0.5, 0.6) is 0 Å². The minimum atomic E-state index is -0.458. The van der Waals surface area contributed by atoms with Gasteiger partial charge in [0.15, 0.2) is 5.58 Å². The highest BCUT2D eigenvalue weighted by molar-refractivity contribution is 6.02. The number of amides is 2. The van der Waals surface area contributed by atoms with Gasteiger partial charge in [0.2, 0.25) is 11.8 Å². The standard InChI is InChI=1S/C16H14N2O4/c19-7-8-5-9-1-2-10-14(18-22-15(10)12(9)6-8)11-3-4-13(20)17-16(11)21/h1-2,7-8,11H,3-6H2,(H,17,20,21)/t8-,11?/m1/s1. The molecule has 0 bridgehead atoms. The Morgan fingerprint density at radius 3 is 2.91 bits per heavy atom. The van der Waals surface area contributed by atoms with Gasteiger partial charge in [0.25, 0.3) is 0 Å². The van der Waals surface area contributed by atoms with Crippen LogP contribution in [-0.4, -0.2) is 23.3 Å². The number of hydrogen-bond donors (Lipinski definition) is 1. The van der Waals surface area contributed by atoms with Crippen molar-refractivity contribution in [2.75, 3.05) is 0 Å². The number of rotatable bonds is 2. The van der Waals surface area contributed by atoms with E-state index in [9.17, 15) is 14.4 Å². The summed E-state index contributed by atoms with van der Waals surface area (Å²) < 4.78 is 5.48. The smallest absolute Gasteiger partial charge is 0.235 e. The number of piperidine rings is 1. The van der Waals surface area contributed by atoms with E-state index in [0.717, 1.165) is 29.2 Å². The van der Waals surface area contributed by atoms with Gasteiger partial charge < -0.3 is 9.32 Å². The lowest BCUT2D eigenvalue weighted by molar-refractivity contribution is -0.134. The summed E-state index contributed by atoms with van der Waals surface area (Å²) in [6.07, 6.45) is 3.11. The Morgan fingerprint density at radius 2 is 2.14 bits per heavy atom. The Labute approximate surface area is 125 Å². The minimum absolute atomic E-state index is 0.00949. The van der Waals surface area contributed by atoms with E-state index in [-0.39, 0.29) is 17.7 Å². The molecule has 4 rings (SSSR count). The zero-order chi connectivity index (χ0) is 15.3. The third kappa shape index (κ3) is 1.87. The monoisotopic (exact) mass is 298 g/mol. The van der Waals surface area contributed by atoms with E-state index in [1.54, 1.807) is 0 Å². The number of carbonyl (C=O) groups is 3. The van der Waals surface area contributed by atoms with Crippen molar-refractivity contribution in [3.8, 4) is 0 Å². The summed E-state index contributed by atoms with van der Waals surface area (Å²) in [6.45, 7) is 0. The molecular formula is C16H14N2O4. The van der Waals surface area contributed by atoms with E-state index in [4.69, 9.17) is 4.52 Å². The third-order valence-corrected chi connectivity index (χ3v) is 4.58. The fourth-order valence-electron chi connectivity index (χ4n) is 3.45. The molecule has 1 N–H and O–H groups in total. The van der Waals surface area contributed by atoms with Gasteiger partial charge in [-0.05, 0) is 30.9 Å². The lowest BCUT2D eigenvalue weighted by atomic mass is 9.92. The molecule has 2 amide bonds.